The minimum atomic E-state index is -0.272. The van der Waals surface area contributed by atoms with E-state index in [4.69, 9.17) is 9.47 Å². The van der Waals surface area contributed by atoms with Crippen LogP contribution in [0.2, 0.25) is 0 Å². The van der Waals surface area contributed by atoms with Gasteiger partial charge in [-0.3, -0.25) is 0 Å². The van der Waals surface area contributed by atoms with E-state index >= 15 is 0 Å². The number of rotatable bonds is 10. The van der Waals surface area contributed by atoms with Gasteiger partial charge in [0.25, 0.3) is 0 Å². The molecular weight excluding hydrogens is 568 g/mol. The molecule has 0 bridgehead atoms. The molecule has 0 aliphatic heterocycles. The number of aromatic hydroxyl groups is 1. The molecule has 1 aromatic rings. The summed E-state index contributed by atoms with van der Waals surface area (Å²) in [6, 6.07) is 5.10. The summed E-state index contributed by atoms with van der Waals surface area (Å²) in [6.45, 7) is 20.1. The van der Waals surface area contributed by atoms with Crippen LogP contribution >= 0.6 is 0 Å². The Labute approximate surface area is 280 Å². The summed E-state index contributed by atoms with van der Waals surface area (Å²) in [5.74, 6) is 5.06. The van der Waals surface area contributed by atoms with Crippen molar-refractivity contribution in [3.05, 3.63) is 29.8 Å². The third kappa shape index (κ3) is 4.99. The van der Waals surface area contributed by atoms with Crippen molar-refractivity contribution < 1.29 is 19.4 Å². The van der Waals surface area contributed by atoms with Gasteiger partial charge in [0.15, 0.2) is 11.5 Å². The molecule has 0 saturated heterocycles. The van der Waals surface area contributed by atoms with Gasteiger partial charge in [0.2, 0.25) is 0 Å². The van der Waals surface area contributed by atoms with Crippen molar-refractivity contribution in [2.75, 3.05) is 7.11 Å². The molecule has 4 heteroatoms. The highest BCUT2D eigenvalue weighted by molar-refractivity contribution is 5.87. The van der Waals surface area contributed by atoms with Gasteiger partial charge in [0, 0.05) is 11.5 Å². The molecule has 1 unspecified atom stereocenters. The molecule has 46 heavy (non-hydrogen) atoms. The van der Waals surface area contributed by atoms with E-state index in [0.29, 0.717) is 33.3 Å². The normalized spacial score (nSPS) is 40.4. The molecule has 1 aromatic carbocycles. The summed E-state index contributed by atoms with van der Waals surface area (Å²) in [5.41, 5.74) is 2.65. The lowest BCUT2D eigenvalue weighted by Crippen LogP contribution is -2.58. The smallest absolute Gasteiger partial charge is 0.331 e. The Balaban J connectivity index is 1.14. The van der Waals surface area contributed by atoms with E-state index in [1.54, 1.807) is 24.3 Å². The molecule has 0 radical (unpaired) electrons. The lowest BCUT2D eigenvalue weighted by atomic mass is 9.41. The first kappa shape index (κ1) is 33.9. The van der Waals surface area contributed by atoms with Gasteiger partial charge in [0.05, 0.1) is 7.11 Å². The van der Waals surface area contributed by atoms with E-state index in [1.165, 1.54) is 83.8 Å². The summed E-state index contributed by atoms with van der Waals surface area (Å²) in [7, 11) is 1.53. The molecule has 2 spiro atoms. The van der Waals surface area contributed by atoms with E-state index < -0.39 is 0 Å². The van der Waals surface area contributed by atoms with Crippen LogP contribution in [0, 0.1) is 62.6 Å². The van der Waals surface area contributed by atoms with Crippen LogP contribution in [0.5, 0.6) is 11.5 Å². The summed E-state index contributed by atoms with van der Waals surface area (Å²) in [6.07, 6.45) is 19.3. The van der Waals surface area contributed by atoms with Crippen LogP contribution in [-0.2, 0) is 9.53 Å². The molecule has 256 valence electrons. The second-order valence-corrected chi connectivity index (χ2v) is 18.2. The maximum Gasteiger partial charge on any atom is 0.331 e. The van der Waals surface area contributed by atoms with Gasteiger partial charge >= 0.3 is 5.97 Å². The first-order valence-corrected chi connectivity index (χ1v) is 18.9. The average molecular weight is 633 g/mol. The van der Waals surface area contributed by atoms with Crippen LogP contribution in [0.25, 0.3) is 6.08 Å². The fourth-order valence-electron chi connectivity index (χ4n) is 13.3. The zero-order chi connectivity index (χ0) is 33.3. The van der Waals surface area contributed by atoms with Crippen molar-refractivity contribution in [1.29, 1.82) is 0 Å². The lowest BCUT2D eigenvalue weighted by Gasteiger charge is -2.63. The maximum atomic E-state index is 13.1. The SMILES string of the molecule is CCC(CC[C@@H](C)[C@H]1CC[C@@]2(C)[C@@H]3CC[C@H]4C(C)(C)[C@@H](OC(=O)/C=C/c5ccc(O)c(OC)c5)CC[C@@]45C[C@@]35CC[C@]12C)C(C)C. The standard InChI is InChI=1S/C42H64O4/c1-10-30(27(2)3)14-11-28(4)31-19-21-40(8)35-17-16-34-38(5,6)36(20-22-41(34)26-42(35,41)24-23-39(31,40)7)46-37(44)18-13-29-12-15-32(43)33(25-29)45-9/h12-13,15,18,25,27-28,30-31,34-36,43H,10-11,14,16-17,19-24,26H2,1-9H3/b18-13+/t28-,30?,31-,34+,35+,36+,39-,40+,41-,42+/m1/s1. The average Bonchev–Trinajstić information content (AvgIpc) is 3.59. The molecule has 0 heterocycles. The fraction of sp³-hybridized carbons (Fsp3) is 0.786. The van der Waals surface area contributed by atoms with Crippen LogP contribution in [0.1, 0.15) is 138 Å². The number of hydrogen-bond donors (Lipinski definition) is 1. The first-order valence-electron chi connectivity index (χ1n) is 18.9. The monoisotopic (exact) mass is 632 g/mol. The van der Waals surface area contributed by atoms with Crippen LogP contribution in [0.3, 0.4) is 0 Å². The van der Waals surface area contributed by atoms with E-state index in [2.05, 4.69) is 55.4 Å². The van der Waals surface area contributed by atoms with Crippen LogP contribution < -0.4 is 4.74 Å². The second-order valence-electron chi connectivity index (χ2n) is 18.2. The van der Waals surface area contributed by atoms with Crippen LogP contribution in [0.4, 0.5) is 0 Å². The van der Waals surface area contributed by atoms with E-state index in [9.17, 15) is 9.90 Å². The van der Waals surface area contributed by atoms with Gasteiger partial charge in [-0.05, 0) is 145 Å². The number of carbonyl (C=O) groups is 1. The van der Waals surface area contributed by atoms with Crippen molar-refractivity contribution in [1.82, 2.24) is 0 Å². The van der Waals surface area contributed by atoms with Gasteiger partial charge in [-0.15, -0.1) is 0 Å². The Hall–Kier alpha value is -1.97. The van der Waals surface area contributed by atoms with E-state index in [0.717, 1.165) is 41.6 Å². The van der Waals surface area contributed by atoms with Crippen molar-refractivity contribution in [2.24, 2.45) is 62.6 Å². The summed E-state index contributed by atoms with van der Waals surface area (Å²) >= 11 is 0. The molecule has 0 amide bonds. The Morgan fingerprint density at radius 3 is 2.35 bits per heavy atom. The number of benzene rings is 1. The highest BCUT2D eigenvalue weighted by Crippen LogP contribution is 2.89. The minimum Gasteiger partial charge on any atom is -0.504 e. The number of fused-ring (bicyclic) bond motifs is 2. The minimum absolute atomic E-state index is 0.0292. The topological polar surface area (TPSA) is 55.8 Å². The molecule has 5 saturated carbocycles. The molecule has 5 aliphatic rings. The number of ether oxygens (including phenoxy) is 2. The molecule has 6 rings (SSSR count). The Bertz CT molecular complexity index is 1330. The van der Waals surface area contributed by atoms with Gasteiger partial charge in [-0.1, -0.05) is 74.3 Å². The van der Waals surface area contributed by atoms with Crippen molar-refractivity contribution in [3.8, 4) is 11.5 Å². The van der Waals surface area contributed by atoms with Gasteiger partial charge in [-0.2, -0.15) is 0 Å². The van der Waals surface area contributed by atoms with Crippen molar-refractivity contribution in [3.63, 3.8) is 0 Å². The predicted octanol–water partition coefficient (Wildman–Crippen LogP) is 10.9. The van der Waals surface area contributed by atoms with E-state index in [1.807, 2.05) is 0 Å². The highest BCUT2D eigenvalue weighted by Gasteiger charge is 2.82. The van der Waals surface area contributed by atoms with Gasteiger partial charge < -0.3 is 14.6 Å². The Kier molecular flexibility index (Phi) is 8.75. The molecule has 10 atom stereocenters. The fourth-order valence-corrected chi connectivity index (χ4v) is 13.3. The first-order chi connectivity index (χ1) is 21.7. The largest absolute Gasteiger partial charge is 0.504 e. The number of hydrogen-bond acceptors (Lipinski definition) is 4. The lowest BCUT2D eigenvalue weighted by molar-refractivity contribution is -0.179. The summed E-state index contributed by atoms with van der Waals surface area (Å²) < 4.78 is 11.5. The Morgan fingerprint density at radius 1 is 0.935 bits per heavy atom. The maximum absolute atomic E-state index is 13.1. The van der Waals surface area contributed by atoms with Crippen LogP contribution in [0.15, 0.2) is 24.3 Å². The van der Waals surface area contributed by atoms with Crippen molar-refractivity contribution >= 4 is 12.0 Å². The zero-order valence-corrected chi connectivity index (χ0v) is 30.6. The molecular formula is C42H64O4. The molecule has 5 aliphatic carbocycles. The molecule has 1 N–H and O–H groups in total. The van der Waals surface area contributed by atoms with Gasteiger partial charge in [-0.25, -0.2) is 4.79 Å². The molecule has 0 aromatic heterocycles. The third-order valence-electron chi connectivity index (χ3n) is 16.1. The van der Waals surface area contributed by atoms with Crippen LogP contribution in [-0.4, -0.2) is 24.3 Å². The number of phenols is 1. The number of carbonyl (C=O) groups excluding carboxylic acids is 1. The number of methoxy groups -OCH3 is 1. The van der Waals surface area contributed by atoms with Gasteiger partial charge in [0.1, 0.15) is 6.10 Å². The van der Waals surface area contributed by atoms with E-state index in [-0.39, 0.29) is 23.2 Å². The molecule has 5 fully saturated rings. The number of phenolic OH excluding ortho intramolecular Hbond substituents is 1. The predicted molar refractivity (Wildman–Crippen MR) is 187 cm³/mol. The zero-order valence-electron chi connectivity index (χ0n) is 30.6. The summed E-state index contributed by atoms with van der Waals surface area (Å²) in [4.78, 5) is 13.1. The molecule has 4 nitrogen and oxygen atoms in total. The second kappa shape index (κ2) is 11.9. The van der Waals surface area contributed by atoms with Crippen molar-refractivity contribution in [2.45, 2.75) is 139 Å². The summed E-state index contributed by atoms with van der Waals surface area (Å²) in [5, 5.41) is 9.90. The number of esters is 1. The highest BCUT2D eigenvalue weighted by atomic mass is 16.5. The quantitative estimate of drug-likeness (QED) is 0.206. The Morgan fingerprint density at radius 2 is 1.65 bits per heavy atom. The third-order valence-corrected chi connectivity index (χ3v) is 16.1.